The van der Waals surface area contributed by atoms with E-state index < -0.39 is 0 Å². The fourth-order valence-electron chi connectivity index (χ4n) is 3.95. The van der Waals surface area contributed by atoms with Crippen molar-refractivity contribution in [2.24, 2.45) is 0 Å². The highest BCUT2D eigenvalue weighted by atomic mass is 16.3. The fraction of sp³-hybridized carbons (Fsp3) is 0.280. The van der Waals surface area contributed by atoms with Crippen LogP contribution in [-0.4, -0.2) is 15.3 Å². The summed E-state index contributed by atoms with van der Waals surface area (Å²) in [7, 11) is 0. The second kappa shape index (κ2) is 7.23. The summed E-state index contributed by atoms with van der Waals surface area (Å²) in [6.45, 7) is 11.6. The summed E-state index contributed by atoms with van der Waals surface area (Å²) in [4.78, 5) is 0. The third-order valence-electron chi connectivity index (χ3n) is 5.64. The van der Waals surface area contributed by atoms with Crippen LogP contribution in [0.4, 0.5) is 0 Å². The molecule has 0 aliphatic carbocycles. The van der Waals surface area contributed by atoms with Crippen LogP contribution in [0.15, 0.2) is 36.4 Å². The van der Waals surface area contributed by atoms with Crippen molar-refractivity contribution in [3.63, 3.8) is 0 Å². The van der Waals surface area contributed by atoms with Crippen LogP contribution in [0.5, 0.6) is 17.2 Å². The van der Waals surface area contributed by atoms with Gasteiger partial charge in [0.2, 0.25) is 0 Å². The quantitative estimate of drug-likeness (QED) is 0.504. The van der Waals surface area contributed by atoms with Gasteiger partial charge in [-0.05, 0) is 104 Å². The molecular formula is C25H28O3. The van der Waals surface area contributed by atoms with Gasteiger partial charge in [0.1, 0.15) is 17.2 Å². The van der Waals surface area contributed by atoms with E-state index in [1.54, 1.807) is 12.1 Å². The molecule has 3 N–H and O–H groups in total. The molecule has 0 bridgehead atoms. The standard InChI is InChI=1S/C25H28O3/c1-13-11-22(26)15(3)9-20(13)24(19-7-17(5)25(28)18(6)8-19)21-10-16(4)23(27)12-14(21)2/h7-12,24,26-28H,1-6H3. The van der Waals surface area contributed by atoms with Crippen molar-refractivity contribution in [3.8, 4) is 17.2 Å². The van der Waals surface area contributed by atoms with Crippen molar-refractivity contribution in [1.82, 2.24) is 0 Å². The van der Waals surface area contributed by atoms with Crippen LogP contribution in [0, 0.1) is 41.5 Å². The molecule has 0 saturated heterocycles. The number of aryl methyl sites for hydroxylation is 6. The van der Waals surface area contributed by atoms with Gasteiger partial charge < -0.3 is 15.3 Å². The molecule has 0 atom stereocenters. The van der Waals surface area contributed by atoms with E-state index in [1.807, 2.05) is 65.8 Å². The molecule has 0 aliphatic rings. The number of hydrogen-bond acceptors (Lipinski definition) is 3. The van der Waals surface area contributed by atoms with Gasteiger partial charge in [0.05, 0.1) is 0 Å². The smallest absolute Gasteiger partial charge is 0.121 e. The first-order valence-corrected chi connectivity index (χ1v) is 9.50. The topological polar surface area (TPSA) is 60.7 Å². The Kier molecular flexibility index (Phi) is 5.12. The van der Waals surface area contributed by atoms with Gasteiger partial charge in [0.15, 0.2) is 0 Å². The van der Waals surface area contributed by atoms with E-state index in [2.05, 4.69) is 0 Å². The van der Waals surface area contributed by atoms with Gasteiger partial charge in [-0.15, -0.1) is 0 Å². The number of hydrogen-bond donors (Lipinski definition) is 3. The zero-order chi connectivity index (χ0) is 20.7. The molecule has 0 unspecified atom stereocenters. The van der Waals surface area contributed by atoms with Gasteiger partial charge in [-0.3, -0.25) is 0 Å². The third kappa shape index (κ3) is 3.45. The second-order valence-electron chi connectivity index (χ2n) is 7.93. The van der Waals surface area contributed by atoms with Crippen molar-refractivity contribution in [3.05, 3.63) is 86.5 Å². The van der Waals surface area contributed by atoms with Gasteiger partial charge in [0, 0.05) is 5.92 Å². The second-order valence-corrected chi connectivity index (χ2v) is 7.93. The molecular weight excluding hydrogens is 348 g/mol. The van der Waals surface area contributed by atoms with E-state index in [9.17, 15) is 15.3 Å². The van der Waals surface area contributed by atoms with E-state index in [1.165, 1.54) is 0 Å². The van der Waals surface area contributed by atoms with Crippen LogP contribution in [0.3, 0.4) is 0 Å². The number of aromatic hydroxyl groups is 3. The lowest BCUT2D eigenvalue weighted by Crippen LogP contribution is -2.09. The lowest BCUT2D eigenvalue weighted by Gasteiger charge is -2.25. The third-order valence-corrected chi connectivity index (χ3v) is 5.64. The molecule has 0 fully saturated rings. The highest BCUT2D eigenvalue weighted by Gasteiger charge is 2.23. The fourth-order valence-corrected chi connectivity index (χ4v) is 3.95. The highest BCUT2D eigenvalue weighted by Crippen LogP contribution is 2.41. The normalized spacial score (nSPS) is 11.2. The SMILES string of the molecule is Cc1cc(C(c2cc(C)c(O)c(C)c2)c2cc(C)c(O)cc2C)c(C)cc1O. The molecule has 3 rings (SSSR count). The van der Waals surface area contributed by atoms with E-state index >= 15 is 0 Å². The first-order chi connectivity index (χ1) is 13.1. The van der Waals surface area contributed by atoms with Gasteiger partial charge >= 0.3 is 0 Å². The minimum absolute atomic E-state index is 0.0726. The summed E-state index contributed by atoms with van der Waals surface area (Å²) in [5.41, 5.74) is 8.61. The summed E-state index contributed by atoms with van der Waals surface area (Å²) in [5.74, 6) is 0.824. The van der Waals surface area contributed by atoms with Gasteiger partial charge in [-0.1, -0.05) is 24.3 Å². The molecule has 0 spiro atoms. The molecule has 28 heavy (non-hydrogen) atoms. The predicted molar refractivity (Wildman–Crippen MR) is 114 cm³/mol. The summed E-state index contributed by atoms with van der Waals surface area (Å²) in [6.07, 6.45) is 0. The number of rotatable bonds is 3. The van der Waals surface area contributed by atoms with Crippen molar-refractivity contribution in [2.45, 2.75) is 47.5 Å². The number of phenols is 3. The van der Waals surface area contributed by atoms with E-state index in [4.69, 9.17) is 0 Å². The Morgan fingerprint density at radius 3 is 1.29 bits per heavy atom. The summed E-state index contributed by atoms with van der Waals surface area (Å²) >= 11 is 0. The van der Waals surface area contributed by atoms with Gasteiger partial charge in [0.25, 0.3) is 0 Å². The average molecular weight is 376 g/mol. The molecule has 3 heteroatoms. The number of phenolic OH excluding ortho intramolecular Hbond substituents is 3. The van der Waals surface area contributed by atoms with Crippen LogP contribution >= 0.6 is 0 Å². The van der Waals surface area contributed by atoms with Crippen LogP contribution in [0.2, 0.25) is 0 Å². The minimum atomic E-state index is -0.0726. The molecule has 3 aromatic rings. The van der Waals surface area contributed by atoms with E-state index in [0.717, 1.165) is 50.1 Å². The zero-order valence-electron chi connectivity index (χ0n) is 17.4. The lowest BCUT2D eigenvalue weighted by atomic mass is 9.79. The summed E-state index contributed by atoms with van der Waals surface area (Å²) in [6, 6.07) is 11.7. The van der Waals surface area contributed by atoms with Gasteiger partial charge in [-0.25, -0.2) is 0 Å². The van der Waals surface area contributed by atoms with Crippen LogP contribution in [0.25, 0.3) is 0 Å². The van der Waals surface area contributed by atoms with Crippen molar-refractivity contribution in [2.75, 3.05) is 0 Å². The maximum Gasteiger partial charge on any atom is 0.121 e. The van der Waals surface area contributed by atoms with Crippen LogP contribution in [-0.2, 0) is 0 Å². The average Bonchev–Trinajstić information content (AvgIpc) is 2.61. The molecule has 3 aromatic carbocycles. The summed E-state index contributed by atoms with van der Waals surface area (Å²) in [5, 5.41) is 30.5. The maximum absolute atomic E-state index is 10.3. The first kappa shape index (κ1) is 19.8. The zero-order valence-corrected chi connectivity index (χ0v) is 17.4. The Hall–Kier alpha value is -2.94. The van der Waals surface area contributed by atoms with Crippen LogP contribution < -0.4 is 0 Å². The molecule has 0 aromatic heterocycles. The monoisotopic (exact) mass is 376 g/mol. The summed E-state index contributed by atoms with van der Waals surface area (Å²) < 4.78 is 0. The maximum atomic E-state index is 10.3. The Labute approximate surface area is 166 Å². The molecule has 0 saturated carbocycles. The van der Waals surface area contributed by atoms with E-state index in [0.29, 0.717) is 5.75 Å². The molecule has 146 valence electrons. The van der Waals surface area contributed by atoms with E-state index in [-0.39, 0.29) is 17.4 Å². The molecule has 0 aliphatic heterocycles. The Morgan fingerprint density at radius 2 is 0.893 bits per heavy atom. The minimum Gasteiger partial charge on any atom is -0.508 e. The Balaban J connectivity index is 2.36. The Bertz CT molecular complexity index is 983. The van der Waals surface area contributed by atoms with Gasteiger partial charge in [-0.2, -0.15) is 0 Å². The van der Waals surface area contributed by atoms with Crippen molar-refractivity contribution >= 4 is 0 Å². The lowest BCUT2D eigenvalue weighted by molar-refractivity contribution is 0.466. The Morgan fingerprint density at radius 1 is 0.500 bits per heavy atom. The highest BCUT2D eigenvalue weighted by molar-refractivity contribution is 5.56. The predicted octanol–water partition coefficient (Wildman–Crippen LogP) is 5.83. The largest absolute Gasteiger partial charge is 0.508 e. The number of benzene rings is 3. The molecule has 0 heterocycles. The van der Waals surface area contributed by atoms with Crippen molar-refractivity contribution in [1.29, 1.82) is 0 Å². The molecule has 0 amide bonds. The first-order valence-electron chi connectivity index (χ1n) is 9.50. The molecule has 3 nitrogen and oxygen atoms in total. The van der Waals surface area contributed by atoms with Crippen LogP contribution in [0.1, 0.15) is 56.0 Å². The molecule has 0 radical (unpaired) electrons. The van der Waals surface area contributed by atoms with Crippen molar-refractivity contribution < 1.29 is 15.3 Å².